The van der Waals surface area contributed by atoms with E-state index >= 15 is 0 Å². The molecule has 0 radical (unpaired) electrons. The Labute approximate surface area is 120 Å². The summed E-state index contributed by atoms with van der Waals surface area (Å²) < 4.78 is 0. The normalized spacial score (nSPS) is 10.6. The molecule has 1 rings (SSSR count). The van der Waals surface area contributed by atoms with E-state index in [1.165, 1.54) is 0 Å². The van der Waals surface area contributed by atoms with E-state index in [2.05, 4.69) is 15.5 Å². The van der Waals surface area contributed by atoms with Crippen molar-refractivity contribution in [2.75, 3.05) is 44.4 Å². The van der Waals surface area contributed by atoms with E-state index in [-0.39, 0.29) is 10.6 Å². The molecule has 0 fully saturated rings. The van der Waals surface area contributed by atoms with Crippen LogP contribution in [0.2, 0.25) is 0 Å². The number of nitrogens with one attached hydrogen (secondary N) is 2. The SMILES string of the molecule is CCNc1cccc(NCCCCN(C)C)c1[N+](=O)[O-]. The second kappa shape index (κ2) is 8.37. The number of hydrogen-bond donors (Lipinski definition) is 2. The highest BCUT2D eigenvalue weighted by atomic mass is 16.6. The van der Waals surface area contributed by atoms with Crippen LogP contribution >= 0.6 is 0 Å². The minimum atomic E-state index is -0.333. The maximum Gasteiger partial charge on any atom is 0.315 e. The number of nitro benzene ring substituents is 1. The van der Waals surface area contributed by atoms with Gasteiger partial charge in [-0.2, -0.15) is 0 Å². The van der Waals surface area contributed by atoms with Gasteiger partial charge in [0.15, 0.2) is 0 Å². The van der Waals surface area contributed by atoms with Gasteiger partial charge in [0.05, 0.1) is 4.92 Å². The number of unbranched alkanes of at least 4 members (excludes halogenated alkanes) is 1. The molecular weight excluding hydrogens is 256 g/mol. The maximum absolute atomic E-state index is 11.2. The summed E-state index contributed by atoms with van der Waals surface area (Å²) in [6.45, 7) is 4.35. The molecule has 0 saturated carbocycles. The van der Waals surface area contributed by atoms with Gasteiger partial charge in [0.2, 0.25) is 0 Å². The van der Waals surface area contributed by atoms with Crippen molar-refractivity contribution in [3.63, 3.8) is 0 Å². The van der Waals surface area contributed by atoms with E-state index in [0.29, 0.717) is 17.9 Å². The highest BCUT2D eigenvalue weighted by Crippen LogP contribution is 2.32. The Morgan fingerprint density at radius 1 is 1.20 bits per heavy atom. The first-order valence-electron chi connectivity index (χ1n) is 6.96. The van der Waals surface area contributed by atoms with Crippen LogP contribution in [0.25, 0.3) is 0 Å². The van der Waals surface area contributed by atoms with Crippen molar-refractivity contribution in [1.29, 1.82) is 0 Å². The van der Waals surface area contributed by atoms with Crippen LogP contribution < -0.4 is 10.6 Å². The minimum absolute atomic E-state index is 0.127. The smallest absolute Gasteiger partial charge is 0.315 e. The molecule has 1 aromatic carbocycles. The van der Waals surface area contributed by atoms with Gasteiger partial charge >= 0.3 is 5.69 Å². The van der Waals surface area contributed by atoms with Crippen LogP contribution in [0.1, 0.15) is 19.8 Å². The van der Waals surface area contributed by atoms with Gasteiger partial charge in [0, 0.05) is 13.1 Å². The molecule has 0 bridgehead atoms. The molecule has 0 atom stereocenters. The Bertz CT molecular complexity index is 435. The molecule has 6 nitrogen and oxygen atoms in total. The summed E-state index contributed by atoms with van der Waals surface area (Å²) in [5, 5.41) is 17.4. The molecule has 0 spiro atoms. The number of anilines is 2. The Hall–Kier alpha value is -1.82. The van der Waals surface area contributed by atoms with Crippen LogP contribution in [-0.2, 0) is 0 Å². The van der Waals surface area contributed by atoms with Crippen molar-refractivity contribution < 1.29 is 4.92 Å². The van der Waals surface area contributed by atoms with Gasteiger partial charge in [-0.25, -0.2) is 0 Å². The summed E-state index contributed by atoms with van der Waals surface area (Å²) >= 11 is 0. The Morgan fingerprint density at radius 2 is 1.85 bits per heavy atom. The minimum Gasteiger partial charge on any atom is -0.380 e. The number of para-hydroxylation sites is 1. The average Bonchev–Trinajstić information content (AvgIpc) is 2.38. The summed E-state index contributed by atoms with van der Waals surface area (Å²) in [4.78, 5) is 13.0. The third kappa shape index (κ3) is 5.05. The van der Waals surface area contributed by atoms with Crippen molar-refractivity contribution in [3.05, 3.63) is 28.3 Å². The summed E-state index contributed by atoms with van der Waals surface area (Å²) in [6, 6.07) is 5.32. The van der Waals surface area contributed by atoms with Gasteiger partial charge in [-0.15, -0.1) is 0 Å². The van der Waals surface area contributed by atoms with Crippen molar-refractivity contribution in [2.45, 2.75) is 19.8 Å². The van der Waals surface area contributed by atoms with E-state index in [1.54, 1.807) is 12.1 Å². The predicted molar refractivity (Wildman–Crippen MR) is 83.5 cm³/mol. The molecule has 0 aliphatic carbocycles. The molecule has 0 amide bonds. The first-order valence-corrected chi connectivity index (χ1v) is 6.96. The Morgan fingerprint density at radius 3 is 2.40 bits per heavy atom. The van der Waals surface area contributed by atoms with Crippen LogP contribution in [0.4, 0.5) is 17.1 Å². The zero-order chi connectivity index (χ0) is 15.0. The number of benzene rings is 1. The molecule has 112 valence electrons. The highest BCUT2D eigenvalue weighted by molar-refractivity contribution is 5.76. The summed E-state index contributed by atoms with van der Waals surface area (Å²) in [5.41, 5.74) is 1.27. The molecule has 6 heteroatoms. The van der Waals surface area contributed by atoms with Gasteiger partial charge < -0.3 is 15.5 Å². The quantitative estimate of drug-likeness (QED) is 0.413. The van der Waals surface area contributed by atoms with Crippen molar-refractivity contribution in [3.8, 4) is 0 Å². The van der Waals surface area contributed by atoms with E-state index in [1.807, 2.05) is 27.1 Å². The largest absolute Gasteiger partial charge is 0.380 e. The van der Waals surface area contributed by atoms with Gasteiger partial charge in [-0.05, 0) is 52.5 Å². The Kier molecular flexibility index (Phi) is 6.79. The lowest BCUT2D eigenvalue weighted by atomic mass is 10.2. The van der Waals surface area contributed by atoms with Gasteiger partial charge in [0.1, 0.15) is 11.4 Å². The lowest BCUT2D eigenvalue weighted by Gasteiger charge is -2.12. The second-order valence-corrected chi connectivity index (χ2v) is 4.93. The third-order valence-electron chi connectivity index (χ3n) is 2.93. The fourth-order valence-electron chi connectivity index (χ4n) is 1.99. The number of nitro groups is 1. The zero-order valence-electron chi connectivity index (χ0n) is 12.5. The van der Waals surface area contributed by atoms with Gasteiger partial charge in [0.25, 0.3) is 0 Å². The number of rotatable bonds is 9. The van der Waals surface area contributed by atoms with E-state index in [0.717, 1.165) is 25.9 Å². The highest BCUT2D eigenvalue weighted by Gasteiger charge is 2.18. The second-order valence-electron chi connectivity index (χ2n) is 4.93. The van der Waals surface area contributed by atoms with Crippen LogP contribution in [0.3, 0.4) is 0 Å². The molecule has 1 aromatic rings. The van der Waals surface area contributed by atoms with Crippen LogP contribution in [0.15, 0.2) is 18.2 Å². The van der Waals surface area contributed by atoms with Gasteiger partial charge in [-0.3, -0.25) is 10.1 Å². The standard InChI is InChI=1S/C14H24N4O2/c1-4-15-12-8-7-9-13(14(12)18(19)20)16-10-5-6-11-17(2)3/h7-9,15-16H,4-6,10-11H2,1-3H3. The fourth-order valence-corrected chi connectivity index (χ4v) is 1.99. The van der Waals surface area contributed by atoms with Crippen LogP contribution in [0.5, 0.6) is 0 Å². The van der Waals surface area contributed by atoms with E-state index < -0.39 is 0 Å². The average molecular weight is 280 g/mol. The zero-order valence-corrected chi connectivity index (χ0v) is 12.5. The maximum atomic E-state index is 11.2. The molecule has 0 heterocycles. The molecule has 0 aliphatic heterocycles. The van der Waals surface area contributed by atoms with Crippen molar-refractivity contribution in [2.24, 2.45) is 0 Å². The van der Waals surface area contributed by atoms with Crippen molar-refractivity contribution in [1.82, 2.24) is 4.90 Å². The number of nitrogens with zero attached hydrogens (tertiary/aromatic N) is 2. The van der Waals surface area contributed by atoms with Crippen molar-refractivity contribution >= 4 is 17.1 Å². The molecule has 2 N–H and O–H groups in total. The molecule has 0 unspecified atom stereocenters. The number of hydrogen-bond acceptors (Lipinski definition) is 5. The van der Waals surface area contributed by atoms with E-state index in [4.69, 9.17) is 0 Å². The van der Waals surface area contributed by atoms with Gasteiger partial charge in [-0.1, -0.05) is 6.07 Å². The third-order valence-corrected chi connectivity index (χ3v) is 2.93. The molecular formula is C14H24N4O2. The topological polar surface area (TPSA) is 70.4 Å². The summed E-state index contributed by atoms with van der Waals surface area (Å²) in [5.74, 6) is 0. The van der Waals surface area contributed by atoms with Crippen LogP contribution in [-0.4, -0.2) is 43.6 Å². The lowest BCUT2D eigenvalue weighted by molar-refractivity contribution is -0.383. The van der Waals surface area contributed by atoms with Crippen LogP contribution in [0, 0.1) is 10.1 Å². The monoisotopic (exact) mass is 280 g/mol. The Balaban J connectivity index is 2.64. The predicted octanol–water partition coefficient (Wildman–Crippen LogP) is 2.78. The molecule has 20 heavy (non-hydrogen) atoms. The molecule has 0 aromatic heterocycles. The molecule has 0 aliphatic rings. The first kappa shape index (κ1) is 16.2. The summed E-state index contributed by atoms with van der Waals surface area (Å²) in [6.07, 6.45) is 2.06. The van der Waals surface area contributed by atoms with E-state index in [9.17, 15) is 10.1 Å². The first-order chi connectivity index (χ1) is 9.56. The summed E-state index contributed by atoms with van der Waals surface area (Å²) in [7, 11) is 4.08. The fraction of sp³-hybridized carbons (Fsp3) is 0.571. The lowest BCUT2D eigenvalue weighted by Crippen LogP contribution is -2.14. The molecule has 0 saturated heterocycles.